The predicted octanol–water partition coefficient (Wildman–Crippen LogP) is 3.47. The van der Waals surface area contributed by atoms with E-state index in [1.54, 1.807) is 18.2 Å². The van der Waals surface area contributed by atoms with Gasteiger partial charge in [0.25, 0.3) is 0 Å². The molecule has 1 heterocycles. The van der Waals surface area contributed by atoms with Crippen molar-refractivity contribution >= 4 is 21.1 Å². The number of nitrogens with zero attached hydrogens (tertiary/aromatic N) is 4. The molecule has 0 spiro atoms. The molecule has 0 fully saturated rings. The van der Waals surface area contributed by atoms with Crippen LogP contribution in [-0.2, 0) is 29.7 Å². The van der Waals surface area contributed by atoms with Crippen molar-refractivity contribution in [1.29, 1.82) is 0 Å². The lowest BCUT2D eigenvalue weighted by molar-refractivity contribution is 0.305. The van der Waals surface area contributed by atoms with Crippen molar-refractivity contribution in [3.05, 3.63) is 59.7 Å². The van der Waals surface area contributed by atoms with Crippen LogP contribution in [0.5, 0.6) is 0 Å². The van der Waals surface area contributed by atoms with Gasteiger partial charge in [0, 0.05) is 27.2 Å². The van der Waals surface area contributed by atoms with Crippen LogP contribution >= 0.6 is 0 Å². The maximum absolute atomic E-state index is 13.5. The molecule has 0 amide bonds. The van der Waals surface area contributed by atoms with E-state index in [4.69, 9.17) is 4.98 Å². The lowest BCUT2D eigenvalue weighted by Crippen LogP contribution is -2.22. The van der Waals surface area contributed by atoms with Crippen molar-refractivity contribution < 1.29 is 12.8 Å². The van der Waals surface area contributed by atoms with E-state index in [1.807, 2.05) is 19.2 Å². The molecule has 0 saturated heterocycles. The van der Waals surface area contributed by atoms with Gasteiger partial charge in [-0.05, 0) is 49.4 Å². The first kappa shape index (κ1) is 21.4. The number of sulfonamides is 1. The van der Waals surface area contributed by atoms with Gasteiger partial charge in [0.1, 0.15) is 11.6 Å². The third kappa shape index (κ3) is 4.66. The van der Waals surface area contributed by atoms with Crippen LogP contribution in [-0.4, -0.2) is 48.3 Å². The van der Waals surface area contributed by atoms with Crippen LogP contribution < -0.4 is 0 Å². The lowest BCUT2D eigenvalue weighted by Gasteiger charge is -2.17. The fraction of sp³-hybridized carbons (Fsp3) is 0.381. The minimum Gasteiger partial charge on any atom is -0.327 e. The van der Waals surface area contributed by atoms with Gasteiger partial charge in [-0.1, -0.05) is 19.1 Å². The maximum Gasteiger partial charge on any atom is 0.242 e. The van der Waals surface area contributed by atoms with E-state index in [2.05, 4.69) is 16.4 Å². The van der Waals surface area contributed by atoms with Crippen LogP contribution in [0.15, 0.2) is 47.4 Å². The Hall–Kier alpha value is -2.29. The minimum absolute atomic E-state index is 0.232. The number of hydrogen-bond donors (Lipinski definition) is 0. The number of benzene rings is 2. The molecule has 0 atom stereocenters. The Balaban J connectivity index is 1.93. The molecule has 0 unspecified atom stereocenters. The number of fused-ring (bicyclic) bond motifs is 1. The average Bonchev–Trinajstić information content (AvgIpc) is 2.98. The van der Waals surface area contributed by atoms with Gasteiger partial charge in [-0.2, -0.15) is 0 Å². The lowest BCUT2D eigenvalue weighted by atomic mass is 10.2. The van der Waals surface area contributed by atoms with Gasteiger partial charge in [0.15, 0.2) is 0 Å². The molecule has 1 aromatic heterocycles. The van der Waals surface area contributed by atoms with Gasteiger partial charge in [0.05, 0.1) is 22.5 Å². The summed E-state index contributed by atoms with van der Waals surface area (Å²) in [5.74, 6) is 0.615. The largest absolute Gasteiger partial charge is 0.327 e. The second-order valence-electron chi connectivity index (χ2n) is 7.42. The molecule has 0 N–H and O–H groups in total. The summed E-state index contributed by atoms with van der Waals surface area (Å²) in [5.41, 5.74) is 2.47. The van der Waals surface area contributed by atoms with Crippen LogP contribution in [0, 0.1) is 5.82 Å². The fourth-order valence-corrected chi connectivity index (χ4v) is 4.29. The van der Waals surface area contributed by atoms with E-state index in [9.17, 15) is 12.8 Å². The van der Waals surface area contributed by atoms with Crippen molar-refractivity contribution in [2.45, 2.75) is 37.9 Å². The average molecular weight is 419 g/mol. The summed E-state index contributed by atoms with van der Waals surface area (Å²) in [6.07, 6.45) is 0.934. The highest BCUT2D eigenvalue weighted by Crippen LogP contribution is 2.23. The summed E-state index contributed by atoms with van der Waals surface area (Å²) in [4.78, 5) is 7.03. The summed E-state index contributed by atoms with van der Waals surface area (Å²) in [6, 6.07) is 11.7. The first-order chi connectivity index (χ1) is 13.7. The van der Waals surface area contributed by atoms with Crippen molar-refractivity contribution in [1.82, 2.24) is 18.8 Å². The molecular weight excluding hydrogens is 391 g/mol. The van der Waals surface area contributed by atoms with E-state index < -0.39 is 10.0 Å². The fourth-order valence-electron chi connectivity index (χ4n) is 3.37. The molecule has 2 aromatic carbocycles. The van der Waals surface area contributed by atoms with Crippen LogP contribution in [0.2, 0.25) is 0 Å². The third-order valence-electron chi connectivity index (χ3n) is 4.78. The third-order valence-corrected chi connectivity index (χ3v) is 6.59. The Morgan fingerprint density at radius 3 is 2.48 bits per heavy atom. The van der Waals surface area contributed by atoms with Gasteiger partial charge >= 0.3 is 0 Å². The molecular formula is C21H27FN4O2S. The molecule has 29 heavy (non-hydrogen) atoms. The number of aromatic nitrogens is 2. The number of hydrogen-bond acceptors (Lipinski definition) is 4. The quantitative estimate of drug-likeness (QED) is 0.562. The highest BCUT2D eigenvalue weighted by atomic mass is 32.2. The van der Waals surface area contributed by atoms with Gasteiger partial charge in [-0.15, -0.1) is 0 Å². The van der Waals surface area contributed by atoms with Crippen molar-refractivity contribution in [2.24, 2.45) is 0 Å². The molecule has 0 bridgehead atoms. The molecule has 3 aromatic rings. The SMILES string of the molecule is CCCn1c(CN(C)Cc2cccc(F)c2)nc2cc(S(=O)(=O)N(C)C)ccc21. The first-order valence-electron chi connectivity index (χ1n) is 9.57. The number of imidazole rings is 1. The molecule has 8 heteroatoms. The Morgan fingerprint density at radius 1 is 1.07 bits per heavy atom. The van der Waals surface area contributed by atoms with E-state index in [0.29, 0.717) is 18.6 Å². The second kappa shape index (κ2) is 8.61. The highest BCUT2D eigenvalue weighted by molar-refractivity contribution is 7.89. The summed E-state index contributed by atoms with van der Waals surface area (Å²) in [5, 5.41) is 0. The normalized spacial score (nSPS) is 12.4. The summed E-state index contributed by atoms with van der Waals surface area (Å²) in [6.45, 7) is 4.05. The number of halogens is 1. The second-order valence-corrected chi connectivity index (χ2v) is 9.57. The predicted molar refractivity (Wildman–Crippen MR) is 112 cm³/mol. The zero-order valence-electron chi connectivity index (χ0n) is 17.3. The standard InChI is InChI=1S/C21H27FN4O2S/c1-5-11-26-20-10-9-18(29(27,28)24(2)3)13-19(20)23-21(26)15-25(4)14-16-7-6-8-17(22)12-16/h6-10,12-13H,5,11,14-15H2,1-4H3. The van der Waals surface area contributed by atoms with Gasteiger partial charge in [-0.3, -0.25) is 4.90 Å². The molecule has 3 rings (SSSR count). The molecule has 0 aliphatic carbocycles. The first-order valence-corrected chi connectivity index (χ1v) is 11.0. The highest BCUT2D eigenvalue weighted by Gasteiger charge is 2.20. The Kier molecular flexibility index (Phi) is 6.36. The molecule has 0 saturated carbocycles. The van der Waals surface area contributed by atoms with E-state index >= 15 is 0 Å². The summed E-state index contributed by atoms with van der Waals surface area (Å²) in [7, 11) is 1.48. The molecule has 0 radical (unpaired) electrons. The number of rotatable bonds is 8. The van der Waals surface area contributed by atoms with E-state index in [-0.39, 0.29) is 10.7 Å². The van der Waals surface area contributed by atoms with Crippen LogP contribution in [0.1, 0.15) is 24.7 Å². The summed E-state index contributed by atoms with van der Waals surface area (Å²) < 4.78 is 41.7. The zero-order chi connectivity index (χ0) is 21.2. The Labute approximate surface area is 171 Å². The molecule has 0 aliphatic rings. The van der Waals surface area contributed by atoms with Crippen LogP contribution in [0.3, 0.4) is 0 Å². The van der Waals surface area contributed by atoms with Crippen LogP contribution in [0.25, 0.3) is 11.0 Å². The Morgan fingerprint density at radius 2 is 1.83 bits per heavy atom. The maximum atomic E-state index is 13.5. The van der Waals surface area contributed by atoms with Crippen molar-refractivity contribution in [2.75, 3.05) is 21.1 Å². The molecule has 156 valence electrons. The van der Waals surface area contributed by atoms with Gasteiger partial charge in [0.2, 0.25) is 10.0 Å². The van der Waals surface area contributed by atoms with Crippen molar-refractivity contribution in [3.8, 4) is 0 Å². The summed E-state index contributed by atoms with van der Waals surface area (Å²) >= 11 is 0. The monoisotopic (exact) mass is 418 g/mol. The molecule has 6 nitrogen and oxygen atoms in total. The molecule has 0 aliphatic heterocycles. The zero-order valence-corrected chi connectivity index (χ0v) is 18.1. The van der Waals surface area contributed by atoms with Gasteiger partial charge in [-0.25, -0.2) is 22.1 Å². The topological polar surface area (TPSA) is 58.4 Å². The van der Waals surface area contributed by atoms with Crippen LogP contribution in [0.4, 0.5) is 4.39 Å². The minimum atomic E-state index is -3.51. The Bertz CT molecular complexity index is 1110. The smallest absolute Gasteiger partial charge is 0.242 e. The number of aryl methyl sites for hydroxylation is 1. The van der Waals surface area contributed by atoms with Gasteiger partial charge < -0.3 is 4.57 Å². The van der Waals surface area contributed by atoms with E-state index in [0.717, 1.165) is 29.9 Å². The van der Waals surface area contributed by atoms with E-state index in [1.165, 1.54) is 30.5 Å². The van der Waals surface area contributed by atoms with Crippen molar-refractivity contribution in [3.63, 3.8) is 0 Å².